The molecule has 21 heavy (non-hydrogen) atoms. The second-order valence-electron chi connectivity index (χ2n) is 5.18. The first-order chi connectivity index (χ1) is 10.2. The Morgan fingerprint density at radius 1 is 1.14 bits per heavy atom. The van der Waals surface area contributed by atoms with Crippen LogP contribution in [0.25, 0.3) is 11.1 Å². The summed E-state index contributed by atoms with van der Waals surface area (Å²) in [4.78, 5) is 0. The van der Waals surface area contributed by atoms with Gasteiger partial charge >= 0.3 is 0 Å². The molecule has 3 heteroatoms. The molecular formula is C18H22ClNO. The van der Waals surface area contributed by atoms with E-state index in [-0.39, 0.29) is 0 Å². The number of halogens is 1. The van der Waals surface area contributed by atoms with E-state index < -0.39 is 0 Å². The second-order valence-corrected chi connectivity index (χ2v) is 5.58. The molecule has 0 unspecified atom stereocenters. The Bertz CT molecular complexity index is 610. The van der Waals surface area contributed by atoms with Crippen LogP contribution in [0.15, 0.2) is 36.4 Å². The van der Waals surface area contributed by atoms with E-state index in [0.29, 0.717) is 10.8 Å². The van der Waals surface area contributed by atoms with E-state index in [1.165, 1.54) is 16.7 Å². The zero-order valence-electron chi connectivity index (χ0n) is 12.9. The van der Waals surface area contributed by atoms with E-state index in [1.807, 2.05) is 18.2 Å². The molecule has 2 nitrogen and oxygen atoms in total. The molecule has 0 saturated carbocycles. The number of hydrogen-bond donors (Lipinski definition) is 1. The van der Waals surface area contributed by atoms with E-state index in [0.717, 1.165) is 25.1 Å². The molecule has 0 heterocycles. The molecule has 0 bridgehead atoms. The minimum atomic E-state index is 0.638. The van der Waals surface area contributed by atoms with Crippen molar-refractivity contribution in [1.29, 1.82) is 0 Å². The van der Waals surface area contributed by atoms with Crippen molar-refractivity contribution >= 4 is 11.6 Å². The first kappa shape index (κ1) is 15.9. The maximum absolute atomic E-state index is 6.09. The zero-order valence-corrected chi connectivity index (χ0v) is 13.6. The van der Waals surface area contributed by atoms with Gasteiger partial charge in [0.2, 0.25) is 0 Å². The van der Waals surface area contributed by atoms with Gasteiger partial charge in [-0.05, 0) is 54.3 Å². The zero-order chi connectivity index (χ0) is 15.2. The van der Waals surface area contributed by atoms with Gasteiger partial charge in [-0.25, -0.2) is 0 Å². The third-order valence-corrected chi connectivity index (χ3v) is 3.82. The maximum atomic E-state index is 6.09. The Kier molecular flexibility index (Phi) is 5.66. The van der Waals surface area contributed by atoms with E-state index in [2.05, 4.69) is 37.4 Å². The van der Waals surface area contributed by atoms with Crippen molar-refractivity contribution in [3.05, 3.63) is 52.5 Å². The monoisotopic (exact) mass is 303 g/mol. The first-order valence-corrected chi connectivity index (χ1v) is 7.67. The van der Waals surface area contributed by atoms with Gasteiger partial charge in [-0.2, -0.15) is 0 Å². The highest BCUT2D eigenvalue weighted by molar-refractivity contribution is 6.32. The number of benzene rings is 2. The number of rotatable bonds is 6. The molecular weight excluding hydrogens is 282 g/mol. The summed E-state index contributed by atoms with van der Waals surface area (Å²) in [5, 5.41) is 4.06. The van der Waals surface area contributed by atoms with Gasteiger partial charge < -0.3 is 10.1 Å². The van der Waals surface area contributed by atoms with Crippen LogP contribution in [-0.4, -0.2) is 13.7 Å². The molecule has 0 aliphatic heterocycles. The summed E-state index contributed by atoms with van der Waals surface area (Å²) >= 11 is 6.09. The van der Waals surface area contributed by atoms with Crippen molar-refractivity contribution in [2.45, 2.75) is 26.8 Å². The smallest absolute Gasteiger partial charge is 0.138 e. The Balaban J connectivity index is 2.24. The van der Waals surface area contributed by atoms with E-state index in [9.17, 15) is 0 Å². The maximum Gasteiger partial charge on any atom is 0.138 e. The van der Waals surface area contributed by atoms with Crippen molar-refractivity contribution in [3.8, 4) is 16.9 Å². The van der Waals surface area contributed by atoms with Crippen LogP contribution >= 0.6 is 11.6 Å². The van der Waals surface area contributed by atoms with Gasteiger partial charge in [0.15, 0.2) is 0 Å². The molecule has 0 spiro atoms. The fraction of sp³-hybridized carbons (Fsp3) is 0.333. The molecule has 1 N–H and O–H groups in total. The Labute approximate surface area is 132 Å². The average molecular weight is 304 g/mol. The third-order valence-electron chi connectivity index (χ3n) is 3.51. The molecule has 0 amide bonds. The van der Waals surface area contributed by atoms with Gasteiger partial charge in [-0.15, -0.1) is 0 Å². The summed E-state index contributed by atoms with van der Waals surface area (Å²) in [6.07, 6.45) is 1.15. The number of nitrogens with one attached hydrogen (secondary N) is 1. The largest absolute Gasteiger partial charge is 0.495 e. The molecule has 0 aliphatic carbocycles. The standard InChI is InChI=1S/C18H22ClNO/c1-4-9-20-12-14-5-7-16(13(2)10-14)15-6-8-17(19)18(11-15)21-3/h5-8,10-11,20H,4,9,12H2,1-3H3. The van der Waals surface area contributed by atoms with Crippen molar-refractivity contribution in [1.82, 2.24) is 5.32 Å². The summed E-state index contributed by atoms with van der Waals surface area (Å²) < 4.78 is 5.29. The quantitative estimate of drug-likeness (QED) is 0.772. The fourth-order valence-electron chi connectivity index (χ4n) is 2.40. The van der Waals surface area contributed by atoms with Gasteiger partial charge in [0.1, 0.15) is 5.75 Å². The van der Waals surface area contributed by atoms with Crippen LogP contribution in [0.5, 0.6) is 5.75 Å². The summed E-state index contributed by atoms with van der Waals surface area (Å²) in [6.45, 7) is 6.28. The van der Waals surface area contributed by atoms with Crippen LogP contribution in [0.4, 0.5) is 0 Å². The number of ether oxygens (including phenoxy) is 1. The summed E-state index contributed by atoms with van der Waals surface area (Å²) in [7, 11) is 1.64. The average Bonchev–Trinajstić information content (AvgIpc) is 2.48. The van der Waals surface area contributed by atoms with Crippen LogP contribution < -0.4 is 10.1 Å². The van der Waals surface area contributed by atoms with Crippen LogP contribution in [0.2, 0.25) is 5.02 Å². The first-order valence-electron chi connectivity index (χ1n) is 7.30. The Morgan fingerprint density at radius 3 is 2.62 bits per heavy atom. The molecule has 0 fully saturated rings. The van der Waals surface area contributed by atoms with Crippen molar-refractivity contribution in [2.24, 2.45) is 0 Å². The summed E-state index contributed by atoms with van der Waals surface area (Å²) in [5.74, 6) is 0.710. The molecule has 0 aliphatic rings. The molecule has 0 radical (unpaired) electrons. The molecule has 2 aromatic carbocycles. The predicted octanol–water partition coefficient (Wildman–Crippen LogP) is 4.82. The minimum absolute atomic E-state index is 0.638. The molecule has 0 aromatic heterocycles. The SMILES string of the molecule is CCCNCc1ccc(-c2ccc(Cl)c(OC)c2)c(C)c1. The van der Waals surface area contributed by atoms with Gasteiger partial charge in [0.25, 0.3) is 0 Å². The lowest BCUT2D eigenvalue weighted by Gasteiger charge is -2.11. The third kappa shape index (κ3) is 3.99. The van der Waals surface area contributed by atoms with Crippen LogP contribution in [-0.2, 0) is 6.54 Å². The highest BCUT2D eigenvalue weighted by Gasteiger charge is 2.07. The molecule has 2 aromatic rings. The van der Waals surface area contributed by atoms with Crippen LogP contribution in [0.1, 0.15) is 24.5 Å². The lowest BCUT2D eigenvalue weighted by atomic mass is 9.98. The van der Waals surface area contributed by atoms with Gasteiger partial charge in [-0.3, -0.25) is 0 Å². The van der Waals surface area contributed by atoms with E-state index in [1.54, 1.807) is 7.11 Å². The highest BCUT2D eigenvalue weighted by Crippen LogP contribution is 2.32. The topological polar surface area (TPSA) is 21.3 Å². The van der Waals surface area contributed by atoms with Crippen LogP contribution in [0, 0.1) is 6.92 Å². The summed E-state index contributed by atoms with van der Waals surface area (Å²) in [5.41, 5.74) is 4.91. The Morgan fingerprint density at radius 2 is 1.95 bits per heavy atom. The Hall–Kier alpha value is -1.51. The molecule has 2 rings (SSSR count). The van der Waals surface area contributed by atoms with Gasteiger partial charge in [0.05, 0.1) is 12.1 Å². The lowest BCUT2D eigenvalue weighted by Crippen LogP contribution is -2.13. The fourth-order valence-corrected chi connectivity index (χ4v) is 2.59. The van der Waals surface area contributed by atoms with Gasteiger partial charge in [0, 0.05) is 6.54 Å². The van der Waals surface area contributed by atoms with Gasteiger partial charge in [-0.1, -0.05) is 42.8 Å². The van der Waals surface area contributed by atoms with Crippen molar-refractivity contribution < 1.29 is 4.74 Å². The number of aryl methyl sites for hydroxylation is 1. The second kappa shape index (κ2) is 7.48. The molecule has 0 saturated heterocycles. The number of methoxy groups -OCH3 is 1. The van der Waals surface area contributed by atoms with Crippen molar-refractivity contribution in [3.63, 3.8) is 0 Å². The molecule has 112 valence electrons. The normalized spacial score (nSPS) is 10.7. The van der Waals surface area contributed by atoms with Crippen LogP contribution in [0.3, 0.4) is 0 Å². The summed E-state index contributed by atoms with van der Waals surface area (Å²) in [6, 6.07) is 12.5. The number of hydrogen-bond acceptors (Lipinski definition) is 2. The highest BCUT2D eigenvalue weighted by atomic mass is 35.5. The van der Waals surface area contributed by atoms with E-state index in [4.69, 9.17) is 16.3 Å². The van der Waals surface area contributed by atoms with E-state index >= 15 is 0 Å². The molecule has 0 atom stereocenters. The van der Waals surface area contributed by atoms with Crippen molar-refractivity contribution in [2.75, 3.05) is 13.7 Å². The lowest BCUT2D eigenvalue weighted by molar-refractivity contribution is 0.415. The predicted molar refractivity (Wildman–Crippen MR) is 90.2 cm³/mol. The minimum Gasteiger partial charge on any atom is -0.495 e.